The van der Waals surface area contributed by atoms with Gasteiger partial charge in [0.05, 0.1) is 12.2 Å². The number of likely N-dealkylation sites (N-methyl/N-ethyl adjacent to an activating group) is 1. The summed E-state index contributed by atoms with van der Waals surface area (Å²) >= 11 is 0. The van der Waals surface area contributed by atoms with Gasteiger partial charge in [-0.15, -0.1) is 0 Å². The Labute approximate surface area is 113 Å². The lowest BCUT2D eigenvalue weighted by Crippen LogP contribution is -2.45. The first-order valence-electron chi connectivity index (χ1n) is 6.85. The highest BCUT2D eigenvalue weighted by Crippen LogP contribution is 2.22. The second-order valence-electron chi connectivity index (χ2n) is 5.01. The fourth-order valence-electron chi connectivity index (χ4n) is 2.54. The molecule has 0 unspecified atom stereocenters. The van der Waals surface area contributed by atoms with Crippen molar-refractivity contribution in [1.82, 2.24) is 14.8 Å². The normalized spacial score (nSPS) is 18.2. The van der Waals surface area contributed by atoms with E-state index in [0.717, 1.165) is 56.3 Å². The van der Waals surface area contributed by atoms with E-state index in [1.165, 1.54) is 0 Å². The molecule has 5 nitrogen and oxygen atoms in total. The summed E-state index contributed by atoms with van der Waals surface area (Å²) in [7, 11) is 0. The summed E-state index contributed by atoms with van der Waals surface area (Å²) in [6, 6.07) is 5.67. The molecular formula is C14H20N4O. The Bertz CT molecular complexity index is 558. The molecule has 0 spiro atoms. The molecule has 1 aromatic heterocycles. The molecule has 0 atom stereocenters. The van der Waals surface area contributed by atoms with Crippen LogP contribution in [0.4, 0.5) is 5.69 Å². The van der Waals surface area contributed by atoms with Crippen molar-refractivity contribution in [3.05, 3.63) is 24.1 Å². The molecule has 1 aliphatic rings. The van der Waals surface area contributed by atoms with E-state index in [1.54, 1.807) is 0 Å². The number of rotatable bonds is 3. The standard InChI is InChI=1S/C14H20N4O/c1-2-17-6-8-18(9-7-17)10-13-16-14-11(15)4-3-5-12(14)19-13/h3-5H,2,6-10,15H2,1H3. The third-order valence-electron chi connectivity index (χ3n) is 3.77. The van der Waals surface area contributed by atoms with Crippen LogP contribution in [0.5, 0.6) is 0 Å². The van der Waals surface area contributed by atoms with Gasteiger partial charge in [-0.05, 0) is 18.7 Å². The average Bonchev–Trinajstić information content (AvgIpc) is 2.84. The molecule has 0 bridgehead atoms. The van der Waals surface area contributed by atoms with Gasteiger partial charge in [0.1, 0.15) is 5.52 Å². The van der Waals surface area contributed by atoms with Crippen LogP contribution in [0.1, 0.15) is 12.8 Å². The van der Waals surface area contributed by atoms with E-state index < -0.39 is 0 Å². The number of oxazole rings is 1. The van der Waals surface area contributed by atoms with Crippen molar-refractivity contribution in [2.45, 2.75) is 13.5 Å². The van der Waals surface area contributed by atoms with Crippen molar-refractivity contribution in [2.75, 3.05) is 38.5 Å². The molecule has 1 aliphatic heterocycles. The molecule has 5 heteroatoms. The highest BCUT2D eigenvalue weighted by atomic mass is 16.3. The zero-order valence-electron chi connectivity index (χ0n) is 11.3. The summed E-state index contributed by atoms with van der Waals surface area (Å²) in [6.07, 6.45) is 0. The van der Waals surface area contributed by atoms with Gasteiger partial charge in [0.25, 0.3) is 0 Å². The average molecular weight is 260 g/mol. The molecule has 0 amide bonds. The van der Waals surface area contributed by atoms with E-state index in [4.69, 9.17) is 10.2 Å². The van der Waals surface area contributed by atoms with Gasteiger partial charge in [-0.2, -0.15) is 0 Å². The molecule has 2 heterocycles. The fourth-order valence-corrected chi connectivity index (χ4v) is 2.54. The van der Waals surface area contributed by atoms with E-state index >= 15 is 0 Å². The molecule has 19 heavy (non-hydrogen) atoms. The zero-order chi connectivity index (χ0) is 13.2. The number of nitrogens with two attached hydrogens (primary N) is 1. The first-order valence-corrected chi connectivity index (χ1v) is 6.85. The molecule has 1 fully saturated rings. The van der Waals surface area contributed by atoms with Crippen molar-refractivity contribution in [2.24, 2.45) is 0 Å². The van der Waals surface area contributed by atoms with Gasteiger partial charge in [0.2, 0.25) is 5.89 Å². The third-order valence-corrected chi connectivity index (χ3v) is 3.77. The molecule has 3 rings (SSSR count). The van der Waals surface area contributed by atoms with Crippen LogP contribution in [0.2, 0.25) is 0 Å². The number of benzene rings is 1. The van der Waals surface area contributed by atoms with Gasteiger partial charge in [-0.1, -0.05) is 13.0 Å². The summed E-state index contributed by atoms with van der Waals surface area (Å²) in [5.41, 5.74) is 8.14. The summed E-state index contributed by atoms with van der Waals surface area (Å²) in [4.78, 5) is 9.34. The Hall–Kier alpha value is -1.59. The summed E-state index contributed by atoms with van der Waals surface area (Å²) < 4.78 is 5.76. The van der Waals surface area contributed by atoms with Crippen molar-refractivity contribution in [3.8, 4) is 0 Å². The molecule has 0 saturated carbocycles. The SMILES string of the molecule is CCN1CCN(Cc2nc3c(N)cccc3o2)CC1. The molecule has 1 aromatic carbocycles. The van der Waals surface area contributed by atoms with E-state index in [-0.39, 0.29) is 0 Å². The van der Waals surface area contributed by atoms with Gasteiger partial charge >= 0.3 is 0 Å². The maximum Gasteiger partial charge on any atom is 0.209 e. The Balaban J connectivity index is 1.70. The van der Waals surface area contributed by atoms with Gasteiger partial charge < -0.3 is 15.1 Å². The minimum absolute atomic E-state index is 0.684. The Kier molecular flexibility index (Phi) is 3.40. The van der Waals surface area contributed by atoms with Crippen LogP contribution in [0.15, 0.2) is 22.6 Å². The molecule has 2 aromatic rings. The lowest BCUT2D eigenvalue weighted by molar-refractivity contribution is 0.124. The van der Waals surface area contributed by atoms with Crippen LogP contribution in [0.25, 0.3) is 11.1 Å². The molecule has 0 radical (unpaired) electrons. The maximum atomic E-state index is 5.90. The summed E-state index contributed by atoms with van der Waals surface area (Å²) in [6.45, 7) is 8.50. The number of fused-ring (bicyclic) bond motifs is 1. The van der Waals surface area contributed by atoms with Crippen LogP contribution in [-0.2, 0) is 6.54 Å². The number of hydrogen-bond acceptors (Lipinski definition) is 5. The summed E-state index contributed by atoms with van der Waals surface area (Å²) in [5, 5.41) is 0. The second kappa shape index (κ2) is 5.19. The number of aromatic nitrogens is 1. The number of para-hydroxylation sites is 1. The van der Waals surface area contributed by atoms with Crippen LogP contribution in [-0.4, -0.2) is 47.5 Å². The maximum absolute atomic E-state index is 5.90. The quantitative estimate of drug-likeness (QED) is 0.848. The number of piperazine rings is 1. The monoisotopic (exact) mass is 260 g/mol. The number of nitrogens with zero attached hydrogens (tertiary/aromatic N) is 3. The topological polar surface area (TPSA) is 58.5 Å². The zero-order valence-corrected chi connectivity index (χ0v) is 11.3. The molecule has 102 valence electrons. The predicted octanol–water partition coefficient (Wildman–Crippen LogP) is 1.55. The number of hydrogen-bond donors (Lipinski definition) is 1. The van der Waals surface area contributed by atoms with E-state index in [1.807, 2.05) is 18.2 Å². The highest BCUT2D eigenvalue weighted by Gasteiger charge is 2.18. The Morgan fingerprint density at radius 2 is 1.95 bits per heavy atom. The minimum atomic E-state index is 0.684. The first kappa shape index (κ1) is 12.4. The molecule has 0 aliphatic carbocycles. The first-order chi connectivity index (χ1) is 9.26. The second-order valence-corrected chi connectivity index (χ2v) is 5.01. The van der Waals surface area contributed by atoms with Crippen LogP contribution in [0, 0.1) is 0 Å². The molecular weight excluding hydrogens is 240 g/mol. The van der Waals surface area contributed by atoms with E-state index in [0.29, 0.717) is 5.69 Å². The van der Waals surface area contributed by atoms with Crippen molar-refractivity contribution in [1.29, 1.82) is 0 Å². The predicted molar refractivity (Wildman–Crippen MR) is 75.8 cm³/mol. The lowest BCUT2D eigenvalue weighted by Gasteiger charge is -2.33. The van der Waals surface area contributed by atoms with Crippen molar-refractivity contribution >= 4 is 16.8 Å². The fraction of sp³-hybridized carbons (Fsp3) is 0.500. The van der Waals surface area contributed by atoms with Gasteiger partial charge in [0.15, 0.2) is 5.58 Å². The van der Waals surface area contributed by atoms with Crippen LogP contribution >= 0.6 is 0 Å². The highest BCUT2D eigenvalue weighted by molar-refractivity contribution is 5.85. The Morgan fingerprint density at radius 3 is 2.63 bits per heavy atom. The largest absolute Gasteiger partial charge is 0.439 e. The smallest absolute Gasteiger partial charge is 0.209 e. The number of nitrogen functional groups attached to an aromatic ring is 1. The van der Waals surface area contributed by atoms with Crippen LogP contribution < -0.4 is 5.73 Å². The third kappa shape index (κ3) is 2.57. The number of anilines is 1. The minimum Gasteiger partial charge on any atom is -0.439 e. The van der Waals surface area contributed by atoms with Crippen LogP contribution in [0.3, 0.4) is 0 Å². The summed E-state index contributed by atoms with van der Waals surface area (Å²) in [5.74, 6) is 0.762. The van der Waals surface area contributed by atoms with E-state index in [9.17, 15) is 0 Å². The Morgan fingerprint density at radius 1 is 1.21 bits per heavy atom. The van der Waals surface area contributed by atoms with Gasteiger partial charge in [0, 0.05) is 26.2 Å². The van der Waals surface area contributed by atoms with Gasteiger partial charge in [-0.25, -0.2) is 4.98 Å². The van der Waals surface area contributed by atoms with E-state index in [2.05, 4.69) is 21.7 Å². The molecule has 2 N–H and O–H groups in total. The van der Waals surface area contributed by atoms with Crippen molar-refractivity contribution < 1.29 is 4.42 Å². The molecule has 1 saturated heterocycles. The lowest BCUT2D eigenvalue weighted by atomic mass is 10.3. The van der Waals surface area contributed by atoms with Gasteiger partial charge in [-0.3, -0.25) is 4.90 Å². The van der Waals surface area contributed by atoms with Crippen molar-refractivity contribution in [3.63, 3.8) is 0 Å².